The first-order valence-corrected chi connectivity index (χ1v) is 12.1. The minimum Gasteiger partial charge on any atom is -0.310 e. The van der Waals surface area contributed by atoms with Crippen LogP contribution in [0, 0.1) is 0 Å². The van der Waals surface area contributed by atoms with Crippen LogP contribution in [0.1, 0.15) is 12.8 Å². The van der Waals surface area contributed by atoms with Gasteiger partial charge < -0.3 is 4.57 Å². The van der Waals surface area contributed by atoms with Gasteiger partial charge in [0.25, 0.3) is 0 Å². The van der Waals surface area contributed by atoms with Gasteiger partial charge in [-0.1, -0.05) is 103 Å². The van der Waals surface area contributed by atoms with Crippen LogP contribution in [0.15, 0.2) is 115 Å². The zero-order valence-electron chi connectivity index (χ0n) is 19.2. The first kappa shape index (κ1) is 19.9. The lowest BCUT2D eigenvalue weighted by Crippen LogP contribution is -2.02. The summed E-state index contributed by atoms with van der Waals surface area (Å²) >= 11 is 0. The molecule has 0 amide bonds. The van der Waals surface area contributed by atoms with E-state index in [4.69, 9.17) is 9.97 Å². The second kappa shape index (κ2) is 8.07. The Kier molecular flexibility index (Phi) is 4.59. The fourth-order valence-corrected chi connectivity index (χ4v) is 5.26. The lowest BCUT2D eigenvalue weighted by molar-refractivity contribution is 0.977. The lowest BCUT2D eigenvalue weighted by Gasteiger charge is -2.16. The van der Waals surface area contributed by atoms with Crippen molar-refractivity contribution in [2.24, 2.45) is 0 Å². The average Bonchev–Trinajstić information content (AvgIpc) is 3.27. The van der Waals surface area contributed by atoms with Crippen molar-refractivity contribution in [1.82, 2.24) is 14.5 Å². The van der Waals surface area contributed by atoms with Crippen LogP contribution in [0.2, 0.25) is 0 Å². The second-order valence-electron chi connectivity index (χ2n) is 8.96. The molecule has 2 heterocycles. The maximum Gasteiger partial charge on any atom is 0.161 e. The molecule has 0 radical (unpaired) electrons. The first-order valence-electron chi connectivity index (χ1n) is 12.1. The van der Waals surface area contributed by atoms with Gasteiger partial charge in [-0.05, 0) is 35.8 Å². The Hall–Kier alpha value is -4.50. The minimum absolute atomic E-state index is 0.758. The average molecular weight is 450 g/mol. The van der Waals surface area contributed by atoms with Gasteiger partial charge in [0.2, 0.25) is 0 Å². The minimum atomic E-state index is 0.758. The molecule has 0 atom stereocenters. The number of aromatic nitrogens is 3. The first-order chi connectivity index (χ1) is 17.4. The van der Waals surface area contributed by atoms with Crippen LogP contribution in [0.3, 0.4) is 0 Å². The SMILES string of the molecule is C1=CCCC(n2c3ccccc3c3nc(-c4cccc5ccccc45)nc(-c4ccccc4)c32)=C1. The van der Waals surface area contributed by atoms with Gasteiger partial charge >= 0.3 is 0 Å². The number of nitrogens with zero attached hydrogens (tertiary/aromatic N) is 3. The van der Waals surface area contributed by atoms with E-state index in [1.165, 1.54) is 16.6 Å². The van der Waals surface area contributed by atoms with Gasteiger partial charge in [0.1, 0.15) is 5.52 Å². The smallest absolute Gasteiger partial charge is 0.161 e. The maximum atomic E-state index is 5.27. The van der Waals surface area contributed by atoms with E-state index in [-0.39, 0.29) is 0 Å². The Morgan fingerprint density at radius 2 is 1.46 bits per heavy atom. The largest absolute Gasteiger partial charge is 0.310 e. The van der Waals surface area contributed by atoms with Crippen molar-refractivity contribution >= 4 is 38.4 Å². The quantitative estimate of drug-likeness (QED) is 0.272. The van der Waals surface area contributed by atoms with Crippen molar-refractivity contribution in [3.63, 3.8) is 0 Å². The fourth-order valence-electron chi connectivity index (χ4n) is 5.26. The van der Waals surface area contributed by atoms with E-state index in [2.05, 4.69) is 120 Å². The molecule has 0 bridgehead atoms. The van der Waals surface area contributed by atoms with E-state index in [0.717, 1.165) is 57.3 Å². The van der Waals surface area contributed by atoms with Crippen LogP contribution in [0.4, 0.5) is 0 Å². The van der Waals surface area contributed by atoms with Gasteiger partial charge in [-0.25, -0.2) is 9.97 Å². The third-order valence-corrected chi connectivity index (χ3v) is 6.86. The Labute approximate surface area is 203 Å². The Morgan fingerprint density at radius 3 is 2.31 bits per heavy atom. The molecule has 6 aromatic rings. The summed E-state index contributed by atoms with van der Waals surface area (Å²) in [6.45, 7) is 0. The van der Waals surface area contributed by atoms with E-state index >= 15 is 0 Å². The van der Waals surface area contributed by atoms with E-state index < -0.39 is 0 Å². The van der Waals surface area contributed by atoms with Crippen LogP contribution < -0.4 is 0 Å². The van der Waals surface area contributed by atoms with Crippen molar-refractivity contribution in [3.8, 4) is 22.6 Å². The second-order valence-corrected chi connectivity index (χ2v) is 8.96. The van der Waals surface area contributed by atoms with Crippen LogP contribution in [-0.4, -0.2) is 14.5 Å². The van der Waals surface area contributed by atoms with Crippen molar-refractivity contribution in [2.45, 2.75) is 12.8 Å². The van der Waals surface area contributed by atoms with E-state index in [1.807, 2.05) is 0 Å². The molecule has 4 aromatic carbocycles. The molecule has 0 fully saturated rings. The maximum absolute atomic E-state index is 5.27. The van der Waals surface area contributed by atoms with Crippen LogP contribution >= 0.6 is 0 Å². The molecule has 0 unspecified atom stereocenters. The third-order valence-electron chi connectivity index (χ3n) is 6.86. The summed E-state index contributed by atoms with van der Waals surface area (Å²) in [7, 11) is 0. The molecular formula is C32H23N3. The standard InChI is InChI=1S/C32H23N3/c1-3-13-23(14-4-1)29-31-30(27-19-9-10-21-28(27)35(31)24-16-5-2-6-17-24)34-32(33-29)26-20-11-15-22-12-7-8-18-25(22)26/h1-5,7-16,18-21H,6,17H2. The number of benzene rings is 4. The molecule has 0 saturated heterocycles. The highest BCUT2D eigenvalue weighted by Crippen LogP contribution is 2.39. The number of hydrogen-bond acceptors (Lipinski definition) is 2. The molecule has 7 rings (SSSR count). The Morgan fingerprint density at radius 1 is 0.686 bits per heavy atom. The van der Waals surface area contributed by atoms with E-state index in [9.17, 15) is 0 Å². The number of rotatable bonds is 3. The number of hydrogen-bond donors (Lipinski definition) is 0. The van der Waals surface area contributed by atoms with Crippen molar-refractivity contribution in [1.29, 1.82) is 0 Å². The van der Waals surface area contributed by atoms with Gasteiger partial charge in [0.15, 0.2) is 5.82 Å². The van der Waals surface area contributed by atoms with Crippen LogP contribution in [0.5, 0.6) is 0 Å². The summed E-state index contributed by atoms with van der Waals surface area (Å²) < 4.78 is 2.38. The van der Waals surface area contributed by atoms with Gasteiger partial charge in [0.05, 0.1) is 16.7 Å². The number of para-hydroxylation sites is 1. The van der Waals surface area contributed by atoms with Gasteiger partial charge in [-0.15, -0.1) is 0 Å². The van der Waals surface area contributed by atoms with Crippen molar-refractivity contribution in [2.75, 3.05) is 0 Å². The van der Waals surface area contributed by atoms with Gasteiger partial charge in [0, 0.05) is 22.2 Å². The zero-order valence-corrected chi connectivity index (χ0v) is 19.2. The Balaban J connectivity index is 1.64. The molecule has 0 saturated carbocycles. The molecular weight excluding hydrogens is 426 g/mol. The molecule has 166 valence electrons. The highest BCUT2D eigenvalue weighted by molar-refractivity contribution is 6.12. The summed E-state index contributed by atoms with van der Waals surface area (Å²) in [5, 5.41) is 3.51. The molecule has 1 aliphatic rings. The molecule has 0 N–H and O–H groups in total. The third kappa shape index (κ3) is 3.20. The zero-order chi connectivity index (χ0) is 23.2. The van der Waals surface area contributed by atoms with E-state index in [1.54, 1.807) is 0 Å². The highest BCUT2D eigenvalue weighted by atomic mass is 15.0. The predicted octanol–water partition coefficient (Wildman–Crippen LogP) is 8.26. The van der Waals surface area contributed by atoms with Gasteiger partial charge in [-0.3, -0.25) is 0 Å². The fraction of sp³-hybridized carbons (Fsp3) is 0.0625. The molecule has 3 nitrogen and oxygen atoms in total. The highest BCUT2D eigenvalue weighted by Gasteiger charge is 2.22. The normalized spacial score (nSPS) is 13.5. The van der Waals surface area contributed by atoms with Crippen molar-refractivity contribution in [3.05, 3.63) is 115 Å². The Bertz CT molecular complexity index is 1780. The predicted molar refractivity (Wildman–Crippen MR) is 146 cm³/mol. The molecule has 35 heavy (non-hydrogen) atoms. The summed E-state index contributed by atoms with van der Waals surface area (Å²) in [5.74, 6) is 0.758. The van der Waals surface area contributed by atoms with Crippen LogP contribution in [-0.2, 0) is 0 Å². The summed E-state index contributed by atoms with van der Waals surface area (Å²) in [4.78, 5) is 10.5. The molecule has 0 spiro atoms. The van der Waals surface area contributed by atoms with E-state index in [0.29, 0.717) is 0 Å². The van der Waals surface area contributed by atoms with Gasteiger partial charge in [-0.2, -0.15) is 0 Å². The monoisotopic (exact) mass is 449 g/mol. The topological polar surface area (TPSA) is 30.7 Å². The van der Waals surface area contributed by atoms with Crippen molar-refractivity contribution < 1.29 is 0 Å². The summed E-state index contributed by atoms with van der Waals surface area (Å²) in [6.07, 6.45) is 8.64. The molecule has 1 aliphatic carbocycles. The lowest BCUT2D eigenvalue weighted by atomic mass is 10.0. The molecule has 0 aliphatic heterocycles. The molecule has 2 aromatic heterocycles. The van der Waals surface area contributed by atoms with Crippen LogP contribution in [0.25, 0.3) is 61.1 Å². The number of allylic oxidation sites excluding steroid dienone is 4. The summed E-state index contributed by atoms with van der Waals surface area (Å²) in [6, 6.07) is 33.9. The number of fused-ring (bicyclic) bond motifs is 4. The summed E-state index contributed by atoms with van der Waals surface area (Å²) in [5.41, 5.74) is 7.63. The molecule has 3 heteroatoms.